The Morgan fingerprint density at radius 1 is 0.880 bits per heavy atom. The van der Waals surface area contributed by atoms with Crippen molar-refractivity contribution in [2.45, 2.75) is 25.7 Å². The largest absolute Gasteiger partial charge is 0.497 e. The average Bonchev–Trinajstić information content (AvgIpc) is 2.96. The quantitative estimate of drug-likeness (QED) is 0.761. The van der Waals surface area contributed by atoms with Crippen LogP contribution in [0.1, 0.15) is 41.6 Å². The third-order valence-corrected chi connectivity index (χ3v) is 4.75. The van der Waals surface area contributed by atoms with Gasteiger partial charge in [0.15, 0.2) is 5.78 Å². The lowest BCUT2D eigenvalue weighted by Crippen LogP contribution is -2.23. The molecule has 1 aliphatic heterocycles. The Morgan fingerprint density at radius 2 is 1.56 bits per heavy atom. The van der Waals surface area contributed by atoms with Crippen LogP contribution in [-0.2, 0) is 0 Å². The molecular weight excluding hydrogens is 314 g/mol. The maximum atomic E-state index is 12.8. The van der Waals surface area contributed by atoms with E-state index >= 15 is 0 Å². The Hall–Kier alpha value is -2.49. The molecule has 1 saturated heterocycles. The van der Waals surface area contributed by atoms with Gasteiger partial charge in [-0.25, -0.2) is 0 Å². The number of ketones is 1. The lowest BCUT2D eigenvalue weighted by atomic mass is 10.0. The van der Waals surface area contributed by atoms with Crippen molar-refractivity contribution in [2.24, 2.45) is 0 Å². The molecule has 132 valence electrons. The molecule has 0 atom stereocenters. The van der Waals surface area contributed by atoms with E-state index in [0.29, 0.717) is 22.6 Å². The summed E-state index contributed by atoms with van der Waals surface area (Å²) in [7, 11) is 3.16. The molecule has 0 radical (unpaired) electrons. The van der Waals surface area contributed by atoms with Gasteiger partial charge in [0, 0.05) is 30.4 Å². The second kappa shape index (κ2) is 8.06. The lowest BCUT2D eigenvalue weighted by Gasteiger charge is -2.22. The fourth-order valence-electron chi connectivity index (χ4n) is 3.29. The van der Waals surface area contributed by atoms with Crippen LogP contribution in [0.4, 0.5) is 5.69 Å². The number of ether oxygens (including phenoxy) is 2. The minimum absolute atomic E-state index is 0.0399. The molecule has 0 aromatic heterocycles. The summed E-state index contributed by atoms with van der Waals surface area (Å²) < 4.78 is 10.5. The highest BCUT2D eigenvalue weighted by molar-refractivity contribution is 6.11. The number of nitrogens with zero attached hydrogens (tertiary/aromatic N) is 1. The Kier molecular flexibility index (Phi) is 5.59. The first-order valence-corrected chi connectivity index (χ1v) is 8.84. The third kappa shape index (κ3) is 3.95. The molecule has 0 amide bonds. The van der Waals surface area contributed by atoms with Gasteiger partial charge < -0.3 is 14.4 Å². The Balaban J connectivity index is 1.81. The van der Waals surface area contributed by atoms with E-state index in [9.17, 15) is 4.79 Å². The molecule has 3 rings (SSSR count). The SMILES string of the molecule is COc1ccc(C(=O)c2ccc(N3CCCCCC3)cc2)c(OC)c1. The zero-order valence-corrected chi connectivity index (χ0v) is 15.0. The van der Waals surface area contributed by atoms with Crippen LogP contribution >= 0.6 is 0 Å². The van der Waals surface area contributed by atoms with Gasteiger partial charge in [-0.15, -0.1) is 0 Å². The van der Waals surface area contributed by atoms with Gasteiger partial charge in [0.2, 0.25) is 0 Å². The summed E-state index contributed by atoms with van der Waals surface area (Å²) in [5.41, 5.74) is 2.41. The molecule has 0 aliphatic carbocycles. The second-order valence-electron chi connectivity index (χ2n) is 6.34. The van der Waals surface area contributed by atoms with Gasteiger partial charge in [0.05, 0.1) is 19.8 Å². The fourth-order valence-corrected chi connectivity index (χ4v) is 3.29. The van der Waals surface area contributed by atoms with E-state index < -0.39 is 0 Å². The third-order valence-electron chi connectivity index (χ3n) is 4.75. The minimum Gasteiger partial charge on any atom is -0.497 e. The molecule has 4 nitrogen and oxygen atoms in total. The van der Waals surface area contributed by atoms with Crippen molar-refractivity contribution in [3.8, 4) is 11.5 Å². The minimum atomic E-state index is -0.0399. The Labute approximate surface area is 149 Å². The number of carbonyl (C=O) groups excluding carboxylic acids is 1. The summed E-state index contributed by atoms with van der Waals surface area (Å²) in [4.78, 5) is 15.2. The maximum absolute atomic E-state index is 12.8. The van der Waals surface area contributed by atoms with Gasteiger partial charge in [-0.05, 0) is 49.2 Å². The molecule has 2 aromatic rings. The van der Waals surface area contributed by atoms with Crippen molar-refractivity contribution in [1.29, 1.82) is 0 Å². The molecular formula is C21H25NO3. The summed E-state index contributed by atoms with van der Waals surface area (Å²) in [6.45, 7) is 2.19. The van der Waals surface area contributed by atoms with E-state index in [1.165, 1.54) is 31.4 Å². The van der Waals surface area contributed by atoms with Crippen molar-refractivity contribution in [3.63, 3.8) is 0 Å². The molecule has 1 fully saturated rings. The number of hydrogen-bond donors (Lipinski definition) is 0. The smallest absolute Gasteiger partial charge is 0.196 e. The number of rotatable bonds is 5. The normalized spacial score (nSPS) is 14.7. The average molecular weight is 339 g/mol. The molecule has 0 unspecified atom stereocenters. The van der Waals surface area contributed by atoms with Crippen molar-refractivity contribution in [2.75, 3.05) is 32.2 Å². The number of methoxy groups -OCH3 is 2. The molecule has 1 aliphatic rings. The molecule has 0 spiro atoms. The molecule has 25 heavy (non-hydrogen) atoms. The predicted octanol–water partition coefficient (Wildman–Crippen LogP) is 4.32. The highest BCUT2D eigenvalue weighted by Gasteiger charge is 2.16. The van der Waals surface area contributed by atoms with Crippen LogP contribution in [0.2, 0.25) is 0 Å². The summed E-state index contributed by atoms with van der Waals surface area (Å²) in [6.07, 6.45) is 5.10. The van der Waals surface area contributed by atoms with E-state index in [-0.39, 0.29) is 5.78 Å². The van der Waals surface area contributed by atoms with E-state index in [1.807, 2.05) is 12.1 Å². The van der Waals surface area contributed by atoms with Gasteiger partial charge in [0.1, 0.15) is 11.5 Å². The van der Waals surface area contributed by atoms with Gasteiger partial charge in [-0.2, -0.15) is 0 Å². The fraction of sp³-hybridized carbons (Fsp3) is 0.381. The first-order chi connectivity index (χ1) is 12.2. The van der Waals surface area contributed by atoms with Crippen LogP contribution in [0.5, 0.6) is 11.5 Å². The monoisotopic (exact) mass is 339 g/mol. The van der Waals surface area contributed by atoms with Crippen LogP contribution in [0, 0.1) is 0 Å². The standard InChI is InChI=1S/C21H25NO3/c1-24-18-11-12-19(20(15-18)25-2)21(23)16-7-9-17(10-8-16)22-13-5-3-4-6-14-22/h7-12,15H,3-6,13-14H2,1-2H3. The van der Waals surface area contributed by atoms with Gasteiger partial charge in [0.25, 0.3) is 0 Å². The van der Waals surface area contributed by atoms with Crippen molar-refractivity contribution < 1.29 is 14.3 Å². The number of carbonyl (C=O) groups is 1. The molecule has 0 bridgehead atoms. The highest BCUT2D eigenvalue weighted by Crippen LogP contribution is 2.27. The summed E-state index contributed by atoms with van der Waals surface area (Å²) in [5.74, 6) is 1.16. The molecule has 0 saturated carbocycles. The molecule has 2 aromatic carbocycles. The summed E-state index contributed by atoms with van der Waals surface area (Å²) >= 11 is 0. The van der Waals surface area contributed by atoms with Gasteiger partial charge >= 0.3 is 0 Å². The second-order valence-corrected chi connectivity index (χ2v) is 6.34. The highest BCUT2D eigenvalue weighted by atomic mass is 16.5. The number of hydrogen-bond acceptors (Lipinski definition) is 4. The molecule has 1 heterocycles. The van der Waals surface area contributed by atoms with Gasteiger partial charge in [-0.3, -0.25) is 4.79 Å². The summed E-state index contributed by atoms with van der Waals surface area (Å²) in [5, 5.41) is 0. The van der Waals surface area contributed by atoms with Crippen LogP contribution < -0.4 is 14.4 Å². The van der Waals surface area contributed by atoms with E-state index in [0.717, 1.165) is 13.1 Å². The summed E-state index contributed by atoms with van der Waals surface area (Å²) in [6, 6.07) is 13.2. The van der Waals surface area contributed by atoms with Crippen LogP contribution in [-0.4, -0.2) is 33.1 Å². The first-order valence-electron chi connectivity index (χ1n) is 8.84. The van der Waals surface area contributed by atoms with Gasteiger partial charge in [-0.1, -0.05) is 12.8 Å². The zero-order valence-electron chi connectivity index (χ0n) is 15.0. The predicted molar refractivity (Wildman–Crippen MR) is 100 cm³/mol. The van der Waals surface area contributed by atoms with Crippen LogP contribution in [0.3, 0.4) is 0 Å². The number of anilines is 1. The zero-order chi connectivity index (χ0) is 17.6. The number of benzene rings is 2. The van der Waals surface area contributed by atoms with E-state index in [4.69, 9.17) is 9.47 Å². The Morgan fingerprint density at radius 3 is 2.16 bits per heavy atom. The first kappa shape index (κ1) is 17.3. The van der Waals surface area contributed by atoms with Crippen LogP contribution in [0.15, 0.2) is 42.5 Å². The Bertz CT molecular complexity index is 716. The van der Waals surface area contributed by atoms with Crippen molar-refractivity contribution >= 4 is 11.5 Å². The van der Waals surface area contributed by atoms with Crippen LogP contribution in [0.25, 0.3) is 0 Å². The maximum Gasteiger partial charge on any atom is 0.196 e. The van der Waals surface area contributed by atoms with Crippen molar-refractivity contribution in [3.05, 3.63) is 53.6 Å². The topological polar surface area (TPSA) is 38.8 Å². The molecule has 0 N–H and O–H groups in total. The molecule has 4 heteroatoms. The van der Waals surface area contributed by atoms with E-state index in [2.05, 4.69) is 17.0 Å². The van der Waals surface area contributed by atoms with E-state index in [1.54, 1.807) is 32.4 Å². The van der Waals surface area contributed by atoms with Crippen molar-refractivity contribution in [1.82, 2.24) is 0 Å². The lowest BCUT2D eigenvalue weighted by molar-refractivity contribution is 0.103.